The topological polar surface area (TPSA) is 53.1 Å². The first-order valence-electron chi connectivity index (χ1n) is 19.7. The number of ether oxygens (including phenoxy) is 1. The van der Waals surface area contributed by atoms with Crippen molar-refractivity contribution in [1.82, 2.24) is 4.90 Å². The largest absolute Gasteiger partial charge is 0.444 e. The Morgan fingerprint density at radius 3 is 1.87 bits per heavy atom. The van der Waals surface area contributed by atoms with Crippen LogP contribution in [0.2, 0.25) is 0 Å². The van der Waals surface area contributed by atoms with Gasteiger partial charge >= 0.3 is 5.97 Å². The molecule has 0 atom stereocenters. The summed E-state index contributed by atoms with van der Waals surface area (Å²) in [6.45, 7) is 6.71. The van der Waals surface area contributed by atoms with Gasteiger partial charge in [-0.15, -0.1) is 0 Å². The molecule has 1 saturated heterocycles. The van der Waals surface area contributed by atoms with Gasteiger partial charge in [-0.05, 0) is 79.8 Å². The number of carbonyl (C=O) groups is 2. The molecule has 1 fully saturated rings. The second-order valence-corrected chi connectivity index (χ2v) is 13.7. The highest BCUT2D eigenvalue weighted by molar-refractivity contribution is 6.03. The van der Waals surface area contributed by atoms with Gasteiger partial charge in [-0.1, -0.05) is 134 Å². The Labute approximate surface area is 323 Å². The van der Waals surface area contributed by atoms with Crippen LogP contribution in [0.25, 0.3) is 11.1 Å². The van der Waals surface area contributed by atoms with E-state index in [0.717, 1.165) is 88.2 Å². The van der Waals surface area contributed by atoms with E-state index in [1.54, 1.807) is 4.90 Å². The van der Waals surface area contributed by atoms with E-state index < -0.39 is 0 Å². The number of piperazine rings is 1. The van der Waals surface area contributed by atoms with Gasteiger partial charge < -0.3 is 9.64 Å². The highest BCUT2D eigenvalue weighted by atomic mass is 16.5. The molecule has 0 aliphatic carbocycles. The molecule has 3 aromatic carbocycles. The number of hydrogen-bond acceptors (Lipinski definition) is 5. The lowest BCUT2D eigenvalue weighted by Crippen LogP contribution is -2.46. The Kier molecular flexibility index (Phi) is 16.9. The number of anilines is 2. The van der Waals surface area contributed by atoms with Crippen molar-refractivity contribution in [3.05, 3.63) is 157 Å². The third-order valence-corrected chi connectivity index (χ3v) is 9.67. The van der Waals surface area contributed by atoms with Gasteiger partial charge in [0.05, 0.1) is 12.1 Å². The molecule has 5 rings (SSSR count). The first-order chi connectivity index (χ1) is 26.6. The van der Waals surface area contributed by atoms with Gasteiger partial charge in [-0.25, -0.2) is 0 Å². The van der Waals surface area contributed by atoms with E-state index in [4.69, 9.17) is 4.74 Å². The molecule has 0 aromatic heterocycles. The number of hydrogen-bond donors (Lipinski definition) is 0. The molecule has 0 saturated carbocycles. The first kappa shape index (κ1) is 40.0. The zero-order valence-electron chi connectivity index (χ0n) is 32.0. The average molecular weight is 724 g/mol. The summed E-state index contributed by atoms with van der Waals surface area (Å²) >= 11 is 0. The molecule has 0 bridgehead atoms. The summed E-state index contributed by atoms with van der Waals surface area (Å²) in [5, 5.41) is 0. The fourth-order valence-electron chi connectivity index (χ4n) is 6.75. The van der Waals surface area contributed by atoms with Crippen LogP contribution < -0.4 is 9.80 Å². The smallest absolute Gasteiger partial charge is 0.307 e. The quantitative estimate of drug-likeness (QED) is 0.0858. The maximum atomic E-state index is 13.1. The van der Waals surface area contributed by atoms with Gasteiger partial charge in [0.2, 0.25) is 5.91 Å². The third kappa shape index (κ3) is 13.0. The van der Waals surface area contributed by atoms with Crippen molar-refractivity contribution >= 4 is 23.3 Å². The average Bonchev–Trinajstić information content (AvgIpc) is 3.53. The van der Waals surface area contributed by atoms with Crippen LogP contribution >= 0.6 is 0 Å². The molecule has 0 unspecified atom stereocenters. The van der Waals surface area contributed by atoms with Crippen LogP contribution in [-0.2, 0) is 27.3 Å². The van der Waals surface area contributed by atoms with E-state index in [9.17, 15) is 9.59 Å². The molecule has 54 heavy (non-hydrogen) atoms. The zero-order valence-corrected chi connectivity index (χ0v) is 32.0. The van der Waals surface area contributed by atoms with Crippen molar-refractivity contribution < 1.29 is 14.3 Å². The van der Waals surface area contributed by atoms with Gasteiger partial charge in [-0.2, -0.15) is 0 Å². The summed E-state index contributed by atoms with van der Waals surface area (Å²) in [5.41, 5.74) is 6.79. The Morgan fingerprint density at radius 1 is 0.648 bits per heavy atom. The number of fused-ring (bicyclic) bond motifs is 1. The van der Waals surface area contributed by atoms with E-state index in [0.29, 0.717) is 12.8 Å². The number of nitrogens with zero attached hydrogens (tertiary/aromatic N) is 3. The van der Waals surface area contributed by atoms with Gasteiger partial charge in [0.25, 0.3) is 0 Å². The highest BCUT2D eigenvalue weighted by Crippen LogP contribution is 2.36. The van der Waals surface area contributed by atoms with E-state index in [-0.39, 0.29) is 25.0 Å². The predicted octanol–water partition coefficient (Wildman–Crippen LogP) is 10.5. The molecule has 3 aromatic rings. The fourth-order valence-corrected chi connectivity index (χ4v) is 6.75. The number of allylic oxidation sites excluding steroid dienone is 12. The van der Waals surface area contributed by atoms with Crippen LogP contribution in [0.4, 0.5) is 11.4 Å². The summed E-state index contributed by atoms with van der Waals surface area (Å²) < 4.78 is 5.56. The summed E-state index contributed by atoms with van der Waals surface area (Å²) in [7, 11) is 0. The SMILES string of the molecule is CC/C=C\C/C=C\C/C=C\C/C=C\C/C=C\C/C=C\CCC(=O)OCN1C(=O)Cc2c(N3CCN(Cc4cccc(-c5ccccc5)c4)CC3)cccc21. The Hall–Kier alpha value is -5.20. The van der Waals surface area contributed by atoms with Crippen molar-refractivity contribution in [1.29, 1.82) is 0 Å². The second kappa shape index (κ2) is 22.8. The predicted molar refractivity (Wildman–Crippen MR) is 225 cm³/mol. The number of esters is 1. The maximum Gasteiger partial charge on any atom is 0.307 e. The summed E-state index contributed by atoms with van der Waals surface area (Å²) in [6, 6.07) is 25.4. The number of rotatable bonds is 20. The minimum Gasteiger partial charge on any atom is -0.444 e. The normalized spacial score (nSPS) is 15.4. The zero-order chi connectivity index (χ0) is 37.6. The van der Waals surface area contributed by atoms with Gasteiger partial charge in [0.15, 0.2) is 6.73 Å². The molecular weight excluding hydrogens is 667 g/mol. The Bertz CT molecular complexity index is 1790. The van der Waals surface area contributed by atoms with E-state index in [2.05, 4.69) is 138 Å². The van der Waals surface area contributed by atoms with Crippen LogP contribution in [0.5, 0.6) is 0 Å². The third-order valence-electron chi connectivity index (χ3n) is 9.67. The summed E-state index contributed by atoms with van der Waals surface area (Å²) in [5.74, 6) is -0.323. The molecule has 0 radical (unpaired) electrons. The maximum absolute atomic E-state index is 13.1. The van der Waals surface area contributed by atoms with Crippen LogP contribution in [0.1, 0.15) is 69.4 Å². The molecule has 0 spiro atoms. The molecule has 0 N–H and O–H groups in total. The van der Waals surface area contributed by atoms with E-state index in [1.807, 2.05) is 24.3 Å². The standard InChI is InChI=1S/C48H57N3O3/c1-2-3-4-5-6-7-8-9-10-11-12-13-14-15-16-17-18-19-23-32-48(53)54-40-51-46-31-25-30-45(44(46)38-47(51)52)50-35-33-49(34-36-50)39-41-26-24-29-43(37-41)42-27-21-20-22-28-42/h3-4,6-7,9-10,12-13,15-16,18-22,24-31,37H,2,5,8,11,14,17,23,32-36,38-40H2,1H3/b4-3-,7-6-,10-9-,13-12-,16-15-,19-18-. The summed E-state index contributed by atoms with van der Waals surface area (Å²) in [4.78, 5) is 32.1. The van der Waals surface area contributed by atoms with Gasteiger partial charge in [0, 0.05) is 50.4 Å². The lowest BCUT2D eigenvalue weighted by Gasteiger charge is -2.37. The Balaban J connectivity index is 0.967. The van der Waals surface area contributed by atoms with Crippen LogP contribution in [0, 0.1) is 0 Å². The van der Waals surface area contributed by atoms with Crippen molar-refractivity contribution in [2.45, 2.75) is 71.3 Å². The molecule has 282 valence electrons. The second-order valence-electron chi connectivity index (χ2n) is 13.7. The van der Waals surface area contributed by atoms with E-state index >= 15 is 0 Å². The lowest BCUT2D eigenvalue weighted by molar-refractivity contribution is -0.143. The van der Waals surface area contributed by atoms with Gasteiger partial charge in [0.1, 0.15) is 0 Å². The first-order valence-corrected chi connectivity index (χ1v) is 19.7. The van der Waals surface area contributed by atoms with Crippen molar-refractivity contribution in [2.24, 2.45) is 0 Å². The van der Waals surface area contributed by atoms with Crippen molar-refractivity contribution in [3.63, 3.8) is 0 Å². The molecule has 1 amide bonds. The van der Waals surface area contributed by atoms with Crippen molar-refractivity contribution in [2.75, 3.05) is 42.7 Å². The molecule has 2 aliphatic heterocycles. The fraction of sp³-hybridized carbons (Fsp3) is 0.333. The minimum absolute atomic E-state index is 0.0286. The molecular formula is C48H57N3O3. The molecule has 2 heterocycles. The number of amides is 1. The van der Waals surface area contributed by atoms with Crippen LogP contribution in [0.15, 0.2) is 146 Å². The van der Waals surface area contributed by atoms with Crippen LogP contribution in [-0.4, -0.2) is 49.7 Å². The number of benzene rings is 3. The molecule has 6 heteroatoms. The summed E-state index contributed by atoms with van der Waals surface area (Å²) in [6.07, 6.45) is 33.0. The van der Waals surface area contributed by atoms with Gasteiger partial charge in [-0.3, -0.25) is 19.4 Å². The van der Waals surface area contributed by atoms with Crippen molar-refractivity contribution in [3.8, 4) is 11.1 Å². The lowest BCUT2D eigenvalue weighted by atomic mass is 10.0. The number of carbonyl (C=O) groups excluding carboxylic acids is 2. The van der Waals surface area contributed by atoms with E-state index in [1.165, 1.54) is 16.7 Å². The highest BCUT2D eigenvalue weighted by Gasteiger charge is 2.32. The molecule has 2 aliphatic rings. The Morgan fingerprint density at radius 2 is 1.22 bits per heavy atom. The minimum atomic E-state index is -0.294. The molecule has 6 nitrogen and oxygen atoms in total. The monoisotopic (exact) mass is 723 g/mol. The van der Waals surface area contributed by atoms with Crippen LogP contribution in [0.3, 0.4) is 0 Å².